The molecule has 4 rings (SSSR count). The lowest BCUT2D eigenvalue weighted by molar-refractivity contribution is 0.251. The fraction of sp³-hybridized carbons (Fsp3) is 0.0476. The third-order valence-electron chi connectivity index (χ3n) is 4.26. The molecule has 3 aromatic carbocycles. The highest BCUT2D eigenvalue weighted by Gasteiger charge is 2.13. The van der Waals surface area contributed by atoms with E-state index in [-0.39, 0.29) is 6.03 Å². The van der Waals surface area contributed by atoms with Crippen molar-refractivity contribution in [1.29, 1.82) is 0 Å². The van der Waals surface area contributed by atoms with Gasteiger partial charge in [-0.05, 0) is 23.3 Å². The van der Waals surface area contributed by atoms with Crippen LogP contribution in [-0.2, 0) is 6.54 Å². The molecule has 0 bridgehead atoms. The van der Waals surface area contributed by atoms with Crippen LogP contribution in [0.2, 0.25) is 5.02 Å². The number of urea groups is 1. The Bertz CT molecular complexity index is 1080. The summed E-state index contributed by atoms with van der Waals surface area (Å²) in [4.78, 5) is 12.2. The lowest BCUT2D eigenvalue weighted by atomic mass is 10.0. The summed E-state index contributed by atoms with van der Waals surface area (Å²) in [6, 6.07) is 23.0. The van der Waals surface area contributed by atoms with E-state index in [1.165, 1.54) is 0 Å². The summed E-state index contributed by atoms with van der Waals surface area (Å²) in [6.45, 7) is 0.441. The molecule has 0 fully saturated rings. The first kappa shape index (κ1) is 17.1. The molecule has 0 aliphatic rings. The van der Waals surface area contributed by atoms with Crippen molar-refractivity contribution in [3.8, 4) is 11.1 Å². The lowest BCUT2D eigenvalue weighted by Crippen LogP contribution is -2.28. The quantitative estimate of drug-likeness (QED) is 0.458. The van der Waals surface area contributed by atoms with Crippen LogP contribution in [-0.4, -0.2) is 16.2 Å². The average molecular weight is 377 g/mol. The summed E-state index contributed by atoms with van der Waals surface area (Å²) in [6.07, 6.45) is 0. The molecule has 0 saturated heterocycles. The van der Waals surface area contributed by atoms with E-state index in [0.717, 1.165) is 27.6 Å². The van der Waals surface area contributed by atoms with Gasteiger partial charge in [-0.1, -0.05) is 72.3 Å². The van der Waals surface area contributed by atoms with E-state index in [4.69, 9.17) is 11.6 Å². The Morgan fingerprint density at radius 2 is 1.70 bits per heavy atom. The number of H-pyrrole nitrogens is 1. The smallest absolute Gasteiger partial charge is 0.320 e. The van der Waals surface area contributed by atoms with Gasteiger partial charge in [-0.15, -0.1) is 0 Å². The number of halogens is 1. The molecule has 5 nitrogen and oxygen atoms in total. The number of hydrogen-bond donors (Lipinski definition) is 3. The Kier molecular flexibility index (Phi) is 4.77. The summed E-state index contributed by atoms with van der Waals surface area (Å²) < 4.78 is 0. The maximum Gasteiger partial charge on any atom is 0.320 e. The summed E-state index contributed by atoms with van der Waals surface area (Å²) >= 11 is 6.42. The predicted octanol–water partition coefficient (Wildman–Crippen LogP) is 5.21. The number of benzene rings is 3. The third kappa shape index (κ3) is 3.78. The normalized spacial score (nSPS) is 10.7. The topological polar surface area (TPSA) is 69.8 Å². The first-order valence-corrected chi connectivity index (χ1v) is 8.90. The maximum absolute atomic E-state index is 12.2. The molecule has 0 unspecified atom stereocenters. The van der Waals surface area contributed by atoms with Crippen LogP contribution in [0.1, 0.15) is 5.56 Å². The van der Waals surface area contributed by atoms with Gasteiger partial charge in [0.05, 0.1) is 10.5 Å². The minimum atomic E-state index is -0.316. The van der Waals surface area contributed by atoms with E-state index in [1.807, 2.05) is 72.8 Å². The van der Waals surface area contributed by atoms with Gasteiger partial charge < -0.3 is 5.32 Å². The predicted molar refractivity (Wildman–Crippen MR) is 109 cm³/mol. The summed E-state index contributed by atoms with van der Waals surface area (Å²) in [5.74, 6) is 0.462. The number of rotatable bonds is 4. The van der Waals surface area contributed by atoms with Crippen LogP contribution in [0.5, 0.6) is 0 Å². The number of carbonyl (C=O) groups excluding carboxylic acids is 1. The SMILES string of the molecule is O=C(NCc1ccccc1)Nc1n[nH]c2cc(Cl)c(-c3ccccc3)cc12. The highest BCUT2D eigenvalue weighted by Crippen LogP contribution is 2.33. The van der Waals surface area contributed by atoms with Crippen molar-refractivity contribution < 1.29 is 4.79 Å². The molecule has 0 aliphatic carbocycles. The number of fused-ring (bicyclic) bond motifs is 1. The standard InChI is InChI=1S/C21H17ClN4O/c22-18-12-19-17(11-16(18)15-9-5-2-6-10-15)20(26-25-19)24-21(27)23-13-14-7-3-1-4-8-14/h1-12H,13H2,(H3,23,24,25,26,27). The molecule has 134 valence electrons. The Hall–Kier alpha value is -3.31. The zero-order valence-corrected chi connectivity index (χ0v) is 15.1. The van der Waals surface area contributed by atoms with Crippen LogP contribution in [0.3, 0.4) is 0 Å². The van der Waals surface area contributed by atoms with Gasteiger partial charge in [0.15, 0.2) is 5.82 Å². The van der Waals surface area contributed by atoms with Crippen LogP contribution < -0.4 is 10.6 Å². The van der Waals surface area contributed by atoms with Gasteiger partial charge >= 0.3 is 6.03 Å². The molecule has 0 saturated carbocycles. The second-order valence-electron chi connectivity index (χ2n) is 6.11. The number of amides is 2. The molecule has 1 heterocycles. The molecule has 0 spiro atoms. The van der Waals surface area contributed by atoms with Crippen molar-refractivity contribution in [2.75, 3.05) is 5.32 Å². The molecule has 0 aliphatic heterocycles. The van der Waals surface area contributed by atoms with E-state index in [9.17, 15) is 4.79 Å². The van der Waals surface area contributed by atoms with Crippen LogP contribution in [0.4, 0.5) is 10.6 Å². The Labute approximate surface area is 161 Å². The van der Waals surface area contributed by atoms with Gasteiger partial charge in [-0.2, -0.15) is 5.10 Å². The Morgan fingerprint density at radius 1 is 1.00 bits per heavy atom. The van der Waals surface area contributed by atoms with Crippen molar-refractivity contribution in [1.82, 2.24) is 15.5 Å². The molecular weight excluding hydrogens is 360 g/mol. The molecule has 0 radical (unpaired) electrons. The van der Waals surface area contributed by atoms with Crippen molar-refractivity contribution >= 4 is 34.4 Å². The zero-order chi connectivity index (χ0) is 18.6. The summed E-state index contributed by atoms with van der Waals surface area (Å²) in [7, 11) is 0. The number of nitrogens with one attached hydrogen (secondary N) is 3. The molecule has 2 amide bonds. The third-order valence-corrected chi connectivity index (χ3v) is 4.58. The van der Waals surface area contributed by atoms with Gasteiger partial charge in [0.25, 0.3) is 0 Å². The molecule has 4 aromatic rings. The molecule has 3 N–H and O–H groups in total. The highest BCUT2D eigenvalue weighted by molar-refractivity contribution is 6.34. The van der Waals surface area contributed by atoms with Gasteiger partial charge in [0.1, 0.15) is 0 Å². The van der Waals surface area contributed by atoms with Crippen molar-refractivity contribution in [3.63, 3.8) is 0 Å². The minimum Gasteiger partial charge on any atom is -0.334 e. The van der Waals surface area contributed by atoms with Crippen LogP contribution in [0, 0.1) is 0 Å². The second kappa shape index (κ2) is 7.51. The zero-order valence-electron chi connectivity index (χ0n) is 14.4. The van der Waals surface area contributed by atoms with E-state index in [0.29, 0.717) is 17.4 Å². The average Bonchev–Trinajstić information content (AvgIpc) is 3.08. The Balaban J connectivity index is 1.56. The van der Waals surface area contributed by atoms with Crippen molar-refractivity contribution in [2.24, 2.45) is 0 Å². The number of carbonyl (C=O) groups is 1. The first-order chi connectivity index (χ1) is 13.2. The highest BCUT2D eigenvalue weighted by atomic mass is 35.5. The van der Waals surface area contributed by atoms with Crippen molar-refractivity contribution in [2.45, 2.75) is 6.54 Å². The summed E-state index contributed by atoms with van der Waals surface area (Å²) in [5.41, 5.74) is 3.68. The van der Waals surface area contributed by atoms with Gasteiger partial charge in [-0.25, -0.2) is 4.79 Å². The van der Waals surface area contributed by atoms with E-state index >= 15 is 0 Å². The summed E-state index contributed by atoms with van der Waals surface area (Å²) in [5, 5.41) is 14.2. The van der Waals surface area contributed by atoms with Crippen LogP contribution in [0.15, 0.2) is 72.8 Å². The fourth-order valence-electron chi connectivity index (χ4n) is 2.90. The number of aromatic amines is 1. The van der Waals surface area contributed by atoms with Gasteiger partial charge in [0.2, 0.25) is 0 Å². The van der Waals surface area contributed by atoms with E-state index in [1.54, 1.807) is 0 Å². The van der Waals surface area contributed by atoms with E-state index in [2.05, 4.69) is 20.8 Å². The molecular formula is C21H17ClN4O. The molecule has 0 atom stereocenters. The van der Waals surface area contributed by atoms with Crippen LogP contribution >= 0.6 is 11.6 Å². The first-order valence-electron chi connectivity index (χ1n) is 8.52. The second-order valence-corrected chi connectivity index (χ2v) is 6.52. The van der Waals surface area contributed by atoms with Crippen molar-refractivity contribution in [3.05, 3.63) is 83.4 Å². The Morgan fingerprint density at radius 3 is 2.44 bits per heavy atom. The van der Waals surface area contributed by atoms with Gasteiger partial charge in [-0.3, -0.25) is 10.4 Å². The van der Waals surface area contributed by atoms with Gasteiger partial charge in [0, 0.05) is 17.5 Å². The number of aromatic nitrogens is 2. The lowest BCUT2D eigenvalue weighted by Gasteiger charge is -2.08. The fourth-order valence-corrected chi connectivity index (χ4v) is 3.17. The minimum absolute atomic E-state index is 0.316. The van der Waals surface area contributed by atoms with E-state index < -0.39 is 0 Å². The largest absolute Gasteiger partial charge is 0.334 e. The number of nitrogens with zero attached hydrogens (tertiary/aromatic N) is 1. The number of hydrogen-bond acceptors (Lipinski definition) is 2. The monoisotopic (exact) mass is 376 g/mol. The maximum atomic E-state index is 12.2. The van der Waals surface area contributed by atoms with Crippen LogP contribution in [0.25, 0.3) is 22.0 Å². The molecule has 6 heteroatoms. The molecule has 1 aromatic heterocycles. The molecule has 27 heavy (non-hydrogen) atoms. The number of anilines is 1.